The number of carbonyl (C=O) groups excluding carboxylic acids is 2. The third-order valence-corrected chi connectivity index (χ3v) is 4.69. The molecule has 2 aromatic carbocycles. The fraction of sp³-hybridized carbons (Fsp3) is 0.333. The molecule has 0 aliphatic heterocycles. The minimum atomic E-state index is -0.416. The van der Waals surface area contributed by atoms with Crippen LogP contribution in [0.15, 0.2) is 48.5 Å². The first kappa shape index (κ1) is 18.8. The molecule has 1 fully saturated rings. The fourth-order valence-electron chi connectivity index (χ4n) is 3.29. The van der Waals surface area contributed by atoms with Gasteiger partial charge in [-0.3, -0.25) is 4.79 Å². The molecule has 3 N–H and O–H groups in total. The molecule has 3 amide bonds. The Bertz CT molecular complexity index is 801. The Kier molecular flexibility index (Phi) is 6.30. The summed E-state index contributed by atoms with van der Waals surface area (Å²) in [4.78, 5) is 25.0. The highest BCUT2D eigenvalue weighted by molar-refractivity contribution is 6.06. The second kappa shape index (κ2) is 9.07. The van der Waals surface area contributed by atoms with Crippen LogP contribution in [0.1, 0.15) is 42.5 Å². The quantitative estimate of drug-likeness (QED) is 0.733. The van der Waals surface area contributed by atoms with Crippen molar-refractivity contribution in [2.75, 3.05) is 17.7 Å². The molecule has 0 unspecified atom stereocenters. The monoisotopic (exact) mass is 367 g/mol. The Morgan fingerprint density at radius 1 is 0.963 bits per heavy atom. The molecule has 1 saturated carbocycles. The summed E-state index contributed by atoms with van der Waals surface area (Å²) in [5.74, 6) is 0.499. The van der Waals surface area contributed by atoms with Crippen molar-refractivity contribution < 1.29 is 14.3 Å². The minimum Gasteiger partial charge on any atom is -0.497 e. The molecule has 27 heavy (non-hydrogen) atoms. The van der Waals surface area contributed by atoms with E-state index in [0.717, 1.165) is 25.7 Å². The van der Waals surface area contributed by atoms with Gasteiger partial charge in [-0.15, -0.1) is 0 Å². The van der Waals surface area contributed by atoms with E-state index in [0.29, 0.717) is 22.7 Å². The highest BCUT2D eigenvalue weighted by Gasteiger charge is 2.19. The average molecular weight is 367 g/mol. The summed E-state index contributed by atoms with van der Waals surface area (Å²) in [5.41, 5.74) is 1.55. The Morgan fingerprint density at radius 3 is 2.52 bits per heavy atom. The lowest BCUT2D eigenvalue weighted by atomic mass is 9.95. The standard InChI is InChI=1S/C21H25N3O3/c1-27-17-11-7-10-16(14-17)23-21(26)24-19-13-6-5-12-18(19)20(25)22-15-8-3-2-4-9-15/h5-7,10-15H,2-4,8-9H2,1H3,(H,22,25)(H2,23,24,26). The predicted molar refractivity (Wildman–Crippen MR) is 106 cm³/mol. The highest BCUT2D eigenvalue weighted by Crippen LogP contribution is 2.21. The van der Waals surface area contributed by atoms with E-state index >= 15 is 0 Å². The average Bonchev–Trinajstić information content (AvgIpc) is 2.69. The van der Waals surface area contributed by atoms with Gasteiger partial charge in [0.25, 0.3) is 5.91 Å². The zero-order valence-corrected chi connectivity index (χ0v) is 15.5. The number of urea groups is 1. The number of hydrogen-bond acceptors (Lipinski definition) is 3. The summed E-state index contributed by atoms with van der Waals surface area (Å²) >= 11 is 0. The van der Waals surface area contributed by atoms with Crippen molar-refractivity contribution in [1.82, 2.24) is 5.32 Å². The molecule has 1 aliphatic carbocycles. The van der Waals surface area contributed by atoms with Crippen LogP contribution in [0.5, 0.6) is 5.75 Å². The third kappa shape index (κ3) is 5.23. The lowest BCUT2D eigenvalue weighted by molar-refractivity contribution is 0.0928. The topological polar surface area (TPSA) is 79.5 Å². The molecule has 0 spiro atoms. The van der Waals surface area contributed by atoms with Gasteiger partial charge in [0.2, 0.25) is 0 Å². The molecule has 0 radical (unpaired) electrons. The van der Waals surface area contributed by atoms with E-state index in [-0.39, 0.29) is 11.9 Å². The largest absolute Gasteiger partial charge is 0.497 e. The number of carbonyl (C=O) groups is 2. The van der Waals surface area contributed by atoms with E-state index in [9.17, 15) is 9.59 Å². The molecule has 142 valence electrons. The van der Waals surface area contributed by atoms with E-state index in [1.165, 1.54) is 6.42 Å². The van der Waals surface area contributed by atoms with E-state index in [4.69, 9.17) is 4.74 Å². The van der Waals surface area contributed by atoms with Gasteiger partial charge in [0.15, 0.2) is 0 Å². The van der Waals surface area contributed by atoms with Gasteiger partial charge in [-0.2, -0.15) is 0 Å². The summed E-state index contributed by atoms with van der Waals surface area (Å²) in [5, 5.41) is 8.60. The Hall–Kier alpha value is -3.02. The summed E-state index contributed by atoms with van der Waals surface area (Å²) in [7, 11) is 1.57. The van der Waals surface area contributed by atoms with Crippen LogP contribution in [0.4, 0.5) is 16.2 Å². The summed E-state index contributed by atoms with van der Waals surface area (Å²) in [6, 6.07) is 13.9. The molecule has 2 aromatic rings. The fourth-order valence-corrected chi connectivity index (χ4v) is 3.29. The normalized spacial score (nSPS) is 14.3. The number of ether oxygens (including phenoxy) is 1. The summed E-state index contributed by atoms with van der Waals surface area (Å²) in [6.07, 6.45) is 5.55. The molecule has 0 heterocycles. The molecule has 0 atom stereocenters. The SMILES string of the molecule is COc1cccc(NC(=O)Nc2ccccc2C(=O)NC2CCCCC2)c1. The third-order valence-electron chi connectivity index (χ3n) is 4.69. The smallest absolute Gasteiger partial charge is 0.323 e. The van der Waals surface area contributed by atoms with Crippen LogP contribution >= 0.6 is 0 Å². The van der Waals surface area contributed by atoms with Crippen LogP contribution in [-0.4, -0.2) is 25.1 Å². The molecular formula is C21H25N3O3. The lowest BCUT2D eigenvalue weighted by Gasteiger charge is -2.23. The maximum atomic E-state index is 12.7. The predicted octanol–water partition coefficient (Wildman–Crippen LogP) is 4.40. The second-order valence-electron chi connectivity index (χ2n) is 6.67. The number of anilines is 2. The van der Waals surface area contributed by atoms with Gasteiger partial charge in [0.05, 0.1) is 18.4 Å². The Balaban J connectivity index is 1.65. The van der Waals surface area contributed by atoms with Crippen LogP contribution in [0.3, 0.4) is 0 Å². The van der Waals surface area contributed by atoms with Crippen molar-refractivity contribution in [3.05, 3.63) is 54.1 Å². The molecule has 6 nitrogen and oxygen atoms in total. The minimum absolute atomic E-state index is 0.154. The van der Waals surface area contributed by atoms with Gasteiger partial charge in [-0.1, -0.05) is 37.5 Å². The van der Waals surface area contributed by atoms with Crippen molar-refractivity contribution in [2.45, 2.75) is 38.1 Å². The summed E-state index contributed by atoms with van der Waals surface area (Å²) in [6.45, 7) is 0. The molecule has 0 aromatic heterocycles. The number of para-hydroxylation sites is 1. The zero-order chi connectivity index (χ0) is 19.1. The lowest BCUT2D eigenvalue weighted by Crippen LogP contribution is -2.36. The molecular weight excluding hydrogens is 342 g/mol. The Labute approximate surface area is 159 Å². The number of methoxy groups -OCH3 is 1. The van der Waals surface area contributed by atoms with Crippen LogP contribution in [-0.2, 0) is 0 Å². The van der Waals surface area contributed by atoms with Crippen molar-refractivity contribution in [3.8, 4) is 5.75 Å². The van der Waals surface area contributed by atoms with Crippen molar-refractivity contribution in [2.24, 2.45) is 0 Å². The first-order valence-electron chi connectivity index (χ1n) is 9.27. The van der Waals surface area contributed by atoms with Crippen molar-refractivity contribution >= 4 is 23.3 Å². The second-order valence-corrected chi connectivity index (χ2v) is 6.67. The van der Waals surface area contributed by atoms with Crippen molar-refractivity contribution in [3.63, 3.8) is 0 Å². The Morgan fingerprint density at radius 2 is 1.74 bits per heavy atom. The van der Waals surface area contributed by atoms with Crippen LogP contribution in [0, 0.1) is 0 Å². The van der Waals surface area contributed by atoms with Gasteiger partial charge < -0.3 is 20.7 Å². The van der Waals surface area contributed by atoms with Crippen LogP contribution in [0.2, 0.25) is 0 Å². The maximum Gasteiger partial charge on any atom is 0.323 e. The van der Waals surface area contributed by atoms with E-state index in [1.807, 2.05) is 0 Å². The summed E-state index contributed by atoms with van der Waals surface area (Å²) < 4.78 is 5.15. The molecule has 1 aliphatic rings. The molecule has 6 heteroatoms. The molecule has 3 rings (SSSR count). The van der Waals surface area contributed by atoms with Gasteiger partial charge in [-0.25, -0.2) is 4.79 Å². The van der Waals surface area contributed by atoms with Gasteiger partial charge in [0.1, 0.15) is 5.75 Å². The molecule has 0 bridgehead atoms. The molecule has 0 saturated heterocycles. The van der Waals surface area contributed by atoms with Crippen LogP contribution in [0.25, 0.3) is 0 Å². The number of rotatable bonds is 5. The highest BCUT2D eigenvalue weighted by atomic mass is 16.5. The van der Waals surface area contributed by atoms with E-state index in [1.54, 1.807) is 55.6 Å². The van der Waals surface area contributed by atoms with Crippen LogP contribution < -0.4 is 20.7 Å². The zero-order valence-electron chi connectivity index (χ0n) is 15.5. The first-order chi connectivity index (χ1) is 13.2. The number of hydrogen-bond donors (Lipinski definition) is 3. The first-order valence-corrected chi connectivity index (χ1v) is 9.27. The number of amides is 3. The van der Waals surface area contributed by atoms with Gasteiger partial charge in [-0.05, 0) is 37.1 Å². The van der Waals surface area contributed by atoms with Gasteiger partial charge in [0, 0.05) is 17.8 Å². The van der Waals surface area contributed by atoms with Crippen molar-refractivity contribution in [1.29, 1.82) is 0 Å². The number of benzene rings is 2. The number of nitrogens with one attached hydrogen (secondary N) is 3. The van der Waals surface area contributed by atoms with E-state index in [2.05, 4.69) is 16.0 Å². The van der Waals surface area contributed by atoms with E-state index < -0.39 is 6.03 Å². The maximum absolute atomic E-state index is 12.7. The van der Waals surface area contributed by atoms with Gasteiger partial charge >= 0.3 is 6.03 Å².